The van der Waals surface area contributed by atoms with Crippen LogP contribution in [-0.2, 0) is 16.4 Å². The summed E-state index contributed by atoms with van der Waals surface area (Å²) in [4.78, 5) is 11.9. The molecule has 0 fully saturated rings. The summed E-state index contributed by atoms with van der Waals surface area (Å²) in [6, 6.07) is 8.28. The van der Waals surface area contributed by atoms with E-state index in [1.165, 1.54) is 30.3 Å². The van der Waals surface area contributed by atoms with Crippen LogP contribution < -0.4 is 4.90 Å². The van der Waals surface area contributed by atoms with E-state index in [2.05, 4.69) is 15.9 Å². The van der Waals surface area contributed by atoms with Gasteiger partial charge in [0, 0.05) is 24.3 Å². The lowest BCUT2D eigenvalue weighted by Gasteiger charge is -2.20. The summed E-state index contributed by atoms with van der Waals surface area (Å²) in [5.41, 5.74) is 0.401. The van der Waals surface area contributed by atoms with Crippen LogP contribution in [0, 0.1) is 15.9 Å². The minimum absolute atomic E-state index is 0.166. The molecule has 0 heterocycles. The highest BCUT2D eigenvalue weighted by Crippen LogP contribution is 2.35. The molecule has 9 heteroatoms. The van der Waals surface area contributed by atoms with Gasteiger partial charge in [-0.15, -0.1) is 0 Å². The fourth-order valence-electron chi connectivity index (χ4n) is 2.29. The Morgan fingerprint density at radius 1 is 1.29 bits per heavy atom. The third-order valence-electron chi connectivity index (χ3n) is 3.39. The van der Waals surface area contributed by atoms with Crippen molar-refractivity contribution in [2.24, 2.45) is 0 Å². The number of nitro groups is 1. The van der Waals surface area contributed by atoms with Crippen molar-refractivity contribution in [3.63, 3.8) is 0 Å². The van der Waals surface area contributed by atoms with Gasteiger partial charge in [-0.2, -0.15) is 0 Å². The van der Waals surface area contributed by atoms with Gasteiger partial charge in [-0.05, 0) is 29.8 Å². The molecule has 0 amide bonds. The SMILES string of the molecule is CN(Cc1ccc(F)cc1Br)c1cccc(S(C)(=O)=O)c1[N+](=O)[O-]. The first-order valence-corrected chi connectivity index (χ1v) is 9.42. The Hall–Kier alpha value is -2.00. The van der Waals surface area contributed by atoms with Gasteiger partial charge in [-0.3, -0.25) is 10.1 Å². The van der Waals surface area contributed by atoms with Gasteiger partial charge >= 0.3 is 5.69 Å². The molecule has 6 nitrogen and oxygen atoms in total. The highest BCUT2D eigenvalue weighted by Gasteiger charge is 2.27. The maximum atomic E-state index is 13.2. The third kappa shape index (κ3) is 3.90. The van der Waals surface area contributed by atoms with Gasteiger partial charge in [0.1, 0.15) is 16.4 Å². The van der Waals surface area contributed by atoms with E-state index in [0.717, 1.165) is 6.26 Å². The zero-order valence-electron chi connectivity index (χ0n) is 12.9. The standard InChI is InChI=1S/C15H14BrFN2O4S/c1-18(9-10-6-7-11(17)8-12(10)16)13-4-3-5-14(24(2,22)23)15(13)19(20)21/h3-8H,9H2,1-2H3. The largest absolute Gasteiger partial charge is 0.365 e. The number of halogens is 2. The van der Waals surface area contributed by atoms with Crippen molar-refractivity contribution in [1.29, 1.82) is 0 Å². The monoisotopic (exact) mass is 416 g/mol. The number of nitrogens with zero attached hydrogens (tertiary/aromatic N) is 2. The fourth-order valence-corrected chi connectivity index (χ4v) is 3.62. The minimum Gasteiger partial charge on any atom is -0.365 e. The smallest absolute Gasteiger partial charge is 0.311 e. The van der Waals surface area contributed by atoms with Crippen LogP contribution in [0.25, 0.3) is 0 Å². The van der Waals surface area contributed by atoms with Crippen LogP contribution in [0.1, 0.15) is 5.56 Å². The van der Waals surface area contributed by atoms with Crippen LogP contribution in [0.15, 0.2) is 45.8 Å². The van der Waals surface area contributed by atoms with Gasteiger partial charge in [0.25, 0.3) is 0 Å². The summed E-state index contributed by atoms with van der Waals surface area (Å²) in [5.74, 6) is -0.404. The summed E-state index contributed by atoms with van der Waals surface area (Å²) >= 11 is 3.25. The number of sulfone groups is 1. The highest BCUT2D eigenvalue weighted by molar-refractivity contribution is 9.10. The van der Waals surface area contributed by atoms with Crippen molar-refractivity contribution in [3.8, 4) is 0 Å². The quantitative estimate of drug-likeness (QED) is 0.549. The van der Waals surface area contributed by atoms with E-state index >= 15 is 0 Å². The first-order valence-electron chi connectivity index (χ1n) is 6.74. The first kappa shape index (κ1) is 18.3. The molecule has 0 aliphatic rings. The minimum atomic E-state index is -3.75. The number of hydrogen-bond acceptors (Lipinski definition) is 5. The van der Waals surface area contributed by atoms with E-state index in [1.54, 1.807) is 18.0 Å². The van der Waals surface area contributed by atoms with Gasteiger partial charge in [-0.1, -0.05) is 28.1 Å². The number of hydrogen-bond donors (Lipinski definition) is 0. The Balaban J connectivity index is 2.50. The number of rotatable bonds is 5. The maximum Gasteiger partial charge on any atom is 0.311 e. The van der Waals surface area contributed by atoms with Gasteiger partial charge in [0.15, 0.2) is 9.84 Å². The molecule has 0 bridgehead atoms. The van der Waals surface area contributed by atoms with Crippen molar-refractivity contribution in [1.82, 2.24) is 0 Å². The second kappa shape index (κ2) is 6.86. The molecule has 0 aliphatic carbocycles. The Kier molecular flexibility index (Phi) is 5.24. The lowest BCUT2D eigenvalue weighted by atomic mass is 10.2. The second-order valence-electron chi connectivity index (χ2n) is 5.24. The first-order chi connectivity index (χ1) is 11.1. The van der Waals surface area contributed by atoms with E-state index in [-0.39, 0.29) is 17.1 Å². The van der Waals surface area contributed by atoms with Gasteiger partial charge in [-0.25, -0.2) is 12.8 Å². The van der Waals surface area contributed by atoms with Crippen LogP contribution in [-0.4, -0.2) is 26.6 Å². The number of benzene rings is 2. The lowest BCUT2D eigenvalue weighted by Crippen LogP contribution is -2.19. The van der Waals surface area contributed by atoms with Gasteiger partial charge in [0.2, 0.25) is 0 Å². The summed E-state index contributed by atoms with van der Waals surface area (Å²) in [5, 5.41) is 11.4. The normalized spacial score (nSPS) is 11.3. The Bertz CT molecular complexity index is 902. The molecule has 2 aromatic rings. The molecular formula is C15H14BrFN2O4S. The molecule has 24 heavy (non-hydrogen) atoms. The van der Waals surface area contributed by atoms with Gasteiger partial charge in [0.05, 0.1) is 4.92 Å². The molecule has 0 N–H and O–H groups in total. The lowest BCUT2D eigenvalue weighted by molar-refractivity contribution is -0.387. The van der Waals surface area contributed by atoms with Crippen molar-refractivity contribution >= 4 is 37.1 Å². The van der Waals surface area contributed by atoms with Crippen molar-refractivity contribution in [2.45, 2.75) is 11.4 Å². The molecule has 2 rings (SSSR count). The molecule has 128 valence electrons. The molecule has 0 radical (unpaired) electrons. The number of anilines is 1. The number of nitro benzene ring substituents is 1. The molecule has 0 unspecified atom stereocenters. The number of para-hydroxylation sites is 1. The molecule has 0 aromatic heterocycles. The van der Waals surface area contributed by atoms with Crippen LogP contribution in [0.4, 0.5) is 15.8 Å². The van der Waals surface area contributed by atoms with E-state index in [1.807, 2.05) is 0 Å². The summed E-state index contributed by atoms with van der Waals surface area (Å²) < 4.78 is 37.3. The topological polar surface area (TPSA) is 80.5 Å². The van der Waals surface area contributed by atoms with Crippen LogP contribution in [0.3, 0.4) is 0 Å². The van der Waals surface area contributed by atoms with E-state index in [9.17, 15) is 22.9 Å². The van der Waals surface area contributed by atoms with E-state index in [4.69, 9.17) is 0 Å². The van der Waals surface area contributed by atoms with E-state index in [0.29, 0.717) is 10.0 Å². The zero-order valence-corrected chi connectivity index (χ0v) is 15.3. The average Bonchev–Trinajstić information content (AvgIpc) is 2.48. The summed E-state index contributed by atoms with van der Waals surface area (Å²) in [7, 11) is -2.15. The molecule has 0 saturated carbocycles. The highest BCUT2D eigenvalue weighted by atomic mass is 79.9. The second-order valence-corrected chi connectivity index (χ2v) is 8.08. The molecule has 0 spiro atoms. The van der Waals surface area contributed by atoms with Crippen LogP contribution in [0.2, 0.25) is 0 Å². The predicted molar refractivity (Wildman–Crippen MR) is 92.4 cm³/mol. The Labute approximate surface area is 147 Å². The van der Waals surface area contributed by atoms with Crippen molar-refractivity contribution in [3.05, 3.63) is 62.4 Å². The summed E-state index contributed by atoms with van der Waals surface area (Å²) in [6.07, 6.45) is 0.926. The molecule has 0 aliphatic heterocycles. The van der Waals surface area contributed by atoms with Crippen molar-refractivity contribution < 1.29 is 17.7 Å². The van der Waals surface area contributed by atoms with E-state index < -0.39 is 26.3 Å². The molecule has 2 aromatic carbocycles. The third-order valence-corrected chi connectivity index (χ3v) is 5.26. The van der Waals surface area contributed by atoms with Crippen molar-refractivity contribution in [2.75, 3.05) is 18.2 Å². The van der Waals surface area contributed by atoms with Crippen LogP contribution in [0.5, 0.6) is 0 Å². The van der Waals surface area contributed by atoms with Crippen LogP contribution >= 0.6 is 15.9 Å². The summed E-state index contributed by atoms with van der Waals surface area (Å²) in [6.45, 7) is 0.231. The fraction of sp³-hybridized carbons (Fsp3) is 0.200. The predicted octanol–water partition coefficient (Wildman–Crippen LogP) is 3.54. The molecular weight excluding hydrogens is 403 g/mol. The molecule has 0 atom stereocenters. The maximum absolute atomic E-state index is 13.2. The molecule has 0 saturated heterocycles. The van der Waals surface area contributed by atoms with Gasteiger partial charge < -0.3 is 4.90 Å². The Morgan fingerprint density at radius 3 is 2.50 bits per heavy atom. The average molecular weight is 417 g/mol. The zero-order chi connectivity index (χ0) is 18.1. The Morgan fingerprint density at radius 2 is 1.96 bits per heavy atom.